The lowest BCUT2D eigenvalue weighted by Crippen LogP contribution is -2.03. The lowest BCUT2D eigenvalue weighted by atomic mass is 13.5. The van der Waals surface area contributed by atoms with Crippen LogP contribution in [-0.2, 0) is 4.62 Å². The monoisotopic (exact) mass is 127 g/mol. The zero-order valence-electron chi connectivity index (χ0n) is 3.25. The van der Waals surface area contributed by atoms with Gasteiger partial charge in [-0.25, -0.2) is 9.77 Å². The number of hydrogen-bond donors (Lipinski definition) is 3. The SMILES string of the molecule is OP(O)ON[SiH3]. The van der Waals surface area contributed by atoms with Crippen molar-refractivity contribution in [3.63, 3.8) is 0 Å². The maximum absolute atomic E-state index is 7.91. The van der Waals surface area contributed by atoms with E-state index in [2.05, 4.69) is 9.77 Å². The third-order valence-electron chi connectivity index (χ3n) is 0.173. The maximum atomic E-state index is 7.91. The van der Waals surface area contributed by atoms with Crippen molar-refractivity contribution >= 4 is 19.0 Å². The normalized spacial score (nSPS) is 10.5. The first-order valence-corrected chi connectivity index (χ1v) is 3.45. The summed E-state index contributed by atoms with van der Waals surface area (Å²) in [6.45, 7) is 0. The van der Waals surface area contributed by atoms with Crippen LogP contribution in [0.25, 0.3) is 0 Å². The molecular formula is H6NO3PSi. The first-order valence-electron chi connectivity index (χ1n) is 1.29. The second kappa shape index (κ2) is 3.67. The van der Waals surface area contributed by atoms with E-state index in [0.717, 1.165) is 0 Å². The van der Waals surface area contributed by atoms with E-state index in [1.165, 1.54) is 0 Å². The molecule has 0 atom stereocenters. The van der Waals surface area contributed by atoms with Crippen LogP contribution in [0.5, 0.6) is 0 Å². The topological polar surface area (TPSA) is 61.7 Å². The first-order chi connectivity index (χ1) is 2.77. The Morgan fingerprint density at radius 2 is 2.17 bits per heavy atom. The van der Waals surface area contributed by atoms with E-state index in [1.54, 1.807) is 0 Å². The molecule has 0 rings (SSSR count). The van der Waals surface area contributed by atoms with E-state index in [0.29, 0.717) is 10.4 Å². The van der Waals surface area contributed by atoms with Gasteiger partial charge in [0.15, 0.2) is 0 Å². The van der Waals surface area contributed by atoms with Crippen LogP contribution in [0.4, 0.5) is 0 Å². The summed E-state index contributed by atoms with van der Waals surface area (Å²) < 4.78 is 4.03. The molecule has 0 aliphatic carbocycles. The minimum Gasteiger partial charge on any atom is -0.327 e. The zero-order chi connectivity index (χ0) is 4.99. The van der Waals surface area contributed by atoms with Gasteiger partial charge in [-0.15, -0.1) is 0 Å². The van der Waals surface area contributed by atoms with Gasteiger partial charge >= 0.3 is 8.60 Å². The Balaban J connectivity index is 2.63. The lowest BCUT2D eigenvalue weighted by molar-refractivity contribution is 0.224. The molecule has 0 saturated carbocycles. The van der Waals surface area contributed by atoms with Crippen LogP contribution < -0.4 is 5.15 Å². The van der Waals surface area contributed by atoms with Gasteiger partial charge in [-0.3, -0.25) is 0 Å². The summed E-state index contributed by atoms with van der Waals surface area (Å²) >= 11 is 0. The Hall–Kier alpha value is 0.487. The van der Waals surface area contributed by atoms with Crippen molar-refractivity contribution in [3.05, 3.63) is 0 Å². The van der Waals surface area contributed by atoms with Crippen molar-refractivity contribution in [2.24, 2.45) is 0 Å². The van der Waals surface area contributed by atoms with Gasteiger partial charge in [0.25, 0.3) is 0 Å². The van der Waals surface area contributed by atoms with Crippen molar-refractivity contribution in [3.8, 4) is 0 Å². The van der Waals surface area contributed by atoms with Gasteiger partial charge < -0.3 is 9.79 Å². The smallest absolute Gasteiger partial charge is 0.327 e. The fourth-order valence-electron chi connectivity index (χ4n) is 0.0816. The van der Waals surface area contributed by atoms with Crippen LogP contribution in [0.1, 0.15) is 0 Å². The van der Waals surface area contributed by atoms with E-state index < -0.39 is 8.60 Å². The molecule has 0 aromatic carbocycles. The highest BCUT2D eigenvalue weighted by Crippen LogP contribution is 2.20. The molecule has 0 heterocycles. The van der Waals surface area contributed by atoms with E-state index in [9.17, 15) is 0 Å². The van der Waals surface area contributed by atoms with Gasteiger partial charge in [0.2, 0.25) is 0 Å². The summed E-state index contributed by atoms with van der Waals surface area (Å²) in [6.07, 6.45) is 0. The van der Waals surface area contributed by atoms with Gasteiger partial charge in [0, 0.05) is 0 Å². The molecule has 0 saturated heterocycles. The lowest BCUT2D eigenvalue weighted by Gasteiger charge is -1.96. The Morgan fingerprint density at radius 3 is 2.17 bits per heavy atom. The summed E-state index contributed by atoms with van der Waals surface area (Å²) in [4.78, 5) is 15.8. The van der Waals surface area contributed by atoms with E-state index in [4.69, 9.17) is 9.79 Å². The average molecular weight is 127 g/mol. The molecule has 4 nitrogen and oxygen atoms in total. The van der Waals surface area contributed by atoms with Gasteiger partial charge in [-0.2, -0.15) is 0 Å². The fourth-order valence-corrected chi connectivity index (χ4v) is 0.735. The molecule has 3 N–H and O–H groups in total. The Labute approximate surface area is 39.6 Å². The standard InChI is InChI=1S/H6NO3PSi/c2-5(3)4-1-6/h1-3H,6H3. The molecule has 6 heteroatoms. The third kappa shape index (κ3) is 4.49. The number of hydrogen-bond acceptors (Lipinski definition) is 4. The summed E-state index contributed by atoms with van der Waals surface area (Å²) in [6, 6.07) is 0. The van der Waals surface area contributed by atoms with Gasteiger partial charge in [-0.1, -0.05) is 0 Å². The first kappa shape index (κ1) is 6.49. The van der Waals surface area contributed by atoms with Crippen LogP contribution in [0.15, 0.2) is 0 Å². The molecule has 0 spiro atoms. The van der Waals surface area contributed by atoms with Crippen molar-refractivity contribution in [2.45, 2.75) is 0 Å². The van der Waals surface area contributed by atoms with Crippen LogP contribution in [0.3, 0.4) is 0 Å². The van der Waals surface area contributed by atoms with E-state index in [1.807, 2.05) is 0 Å². The largest absolute Gasteiger partial charge is 0.344 e. The predicted octanol–water partition coefficient (Wildman–Crippen LogP) is -2.00. The second-order valence-electron chi connectivity index (χ2n) is 0.548. The fraction of sp³-hybridized carbons (Fsp3) is 0. The minimum atomic E-state index is -2.18. The van der Waals surface area contributed by atoms with Crippen molar-refractivity contribution in [1.29, 1.82) is 0 Å². The Bertz CT molecular complexity index is 32.0. The van der Waals surface area contributed by atoms with Crippen molar-refractivity contribution in [1.82, 2.24) is 5.15 Å². The highest BCUT2D eigenvalue weighted by atomic mass is 31.2. The molecule has 6 heavy (non-hydrogen) atoms. The summed E-state index contributed by atoms with van der Waals surface area (Å²) in [5, 5.41) is 2.23. The molecule has 0 aromatic heterocycles. The summed E-state index contributed by atoms with van der Waals surface area (Å²) in [5.74, 6) is 0. The highest BCUT2D eigenvalue weighted by molar-refractivity contribution is 7.39. The number of nitrogens with one attached hydrogen (secondary N) is 1. The molecule has 0 amide bonds. The van der Waals surface area contributed by atoms with Crippen LogP contribution in [-0.4, -0.2) is 20.2 Å². The van der Waals surface area contributed by atoms with Crippen LogP contribution >= 0.6 is 8.60 Å². The minimum absolute atomic E-state index is 0.611. The molecule has 0 radical (unpaired) electrons. The summed E-state index contributed by atoms with van der Waals surface area (Å²) in [5.41, 5.74) is 0. The molecule has 38 valence electrons. The van der Waals surface area contributed by atoms with Gasteiger partial charge in [-0.05, 0) is 0 Å². The molecule has 0 aliphatic rings. The highest BCUT2D eigenvalue weighted by Gasteiger charge is 1.91. The van der Waals surface area contributed by atoms with Crippen molar-refractivity contribution < 1.29 is 14.4 Å². The molecule has 0 aliphatic heterocycles. The van der Waals surface area contributed by atoms with Crippen LogP contribution in [0, 0.1) is 0 Å². The molecular weight excluding hydrogens is 121 g/mol. The van der Waals surface area contributed by atoms with Crippen molar-refractivity contribution in [2.75, 3.05) is 0 Å². The Kier molecular flexibility index (Phi) is 3.97. The molecule has 0 unspecified atom stereocenters. The quantitative estimate of drug-likeness (QED) is 0.228. The van der Waals surface area contributed by atoms with E-state index in [-0.39, 0.29) is 0 Å². The molecule has 0 bridgehead atoms. The van der Waals surface area contributed by atoms with Crippen LogP contribution in [0.2, 0.25) is 0 Å². The maximum Gasteiger partial charge on any atom is 0.344 e. The zero-order valence-corrected chi connectivity index (χ0v) is 6.14. The molecule has 0 fully saturated rings. The predicted molar refractivity (Wildman–Crippen MR) is 25.5 cm³/mol. The number of rotatable bonds is 2. The van der Waals surface area contributed by atoms with Gasteiger partial charge in [0.1, 0.15) is 10.4 Å². The van der Waals surface area contributed by atoms with E-state index >= 15 is 0 Å². The van der Waals surface area contributed by atoms with Gasteiger partial charge in [0.05, 0.1) is 0 Å². The second-order valence-corrected chi connectivity index (χ2v) is 1.64. The molecule has 0 aromatic rings. The third-order valence-corrected chi connectivity index (χ3v) is 1.07. The summed E-state index contributed by atoms with van der Waals surface area (Å²) in [7, 11) is -1.57. The average Bonchev–Trinajstić information content (AvgIpc) is 1.35. The Morgan fingerprint density at radius 1 is 1.67 bits per heavy atom.